The van der Waals surface area contributed by atoms with Crippen LogP contribution in [0.4, 0.5) is 0 Å². The Kier molecular flexibility index (Phi) is 5.31. The number of H-pyrrole nitrogens is 1. The molecule has 0 atom stereocenters. The average Bonchev–Trinajstić information content (AvgIpc) is 3.06. The van der Waals surface area contributed by atoms with Crippen molar-refractivity contribution in [3.8, 4) is 0 Å². The second-order valence-electron chi connectivity index (χ2n) is 5.33. The molecule has 0 unspecified atom stereocenters. The summed E-state index contributed by atoms with van der Waals surface area (Å²) < 4.78 is 0. The summed E-state index contributed by atoms with van der Waals surface area (Å²) in [6.45, 7) is 4.21. The molecule has 22 heavy (non-hydrogen) atoms. The molecule has 120 valence electrons. The molecular formula is C15H21N3O3S. The van der Waals surface area contributed by atoms with E-state index < -0.39 is 5.97 Å². The number of carbonyl (C=O) groups is 1. The van der Waals surface area contributed by atoms with Crippen LogP contribution in [0.25, 0.3) is 10.2 Å². The molecule has 2 aromatic heterocycles. The van der Waals surface area contributed by atoms with Crippen LogP contribution in [0.15, 0.2) is 4.79 Å². The summed E-state index contributed by atoms with van der Waals surface area (Å²) in [5, 5.41) is 9.37. The van der Waals surface area contributed by atoms with Gasteiger partial charge in [-0.15, -0.1) is 11.3 Å². The number of fused-ring (bicyclic) bond motifs is 3. The highest BCUT2D eigenvalue weighted by molar-refractivity contribution is 7.18. The lowest BCUT2D eigenvalue weighted by molar-refractivity contribution is 0.0683. The Morgan fingerprint density at radius 3 is 2.64 bits per heavy atom. The number of aryl methyl sites for hydroxylation is 2. The van der Waals surface area contributed by atoms with E-state index in [0.717, 1.165) is 37.7 Å². The lowest BCUT2D eigenvalue weighted by Gasteiger charge is -1.99. The van der Waals surface area contributed by atoms with Gasteiger partial charge in [0.2, 0.25) is 5.82 Å². The number of hydrogen-bond acceptors (Lipinski definition) is 5. The van der Waals surface area contributed by atoms with Crippen molar-refractivity contribution >= 4 is 27.5 Å². The zero-order chi connectivity index (χ0) is 16.3. The van der Waals surface area contributed by atoms with Crippen LogP contribution in [0, 0.1) is 0 Å². The van der Waals surface area contributed by atoms with E-state index in [0.29, 0.717) is 16.3 Å². The second-order valence-corrected chi connectivity index (χ2v) is 6.42. The molecule has 0 saturated carbocycles. The number of aromatic amines is 1. The SMILES string of the molecule is CCC(N)CC.O=C(O)c1nc2sc3c(c2c(=O)[nH]1)CCC3. The van der Waals surface area contributed by atoms with Gasteiger partial charge in [0.25, 0.3) is 5.56 Å². The molecule has 2 aromatic rings. The first-order valence-corrected chi connectivity index (χ1v) is 8.32. The first-order valence-electron chi connectivity index (χ1n) is 7.51. The second kappa shape index (κ2) is 7.02. The zero-order valence-corrected chi connectivity index (χ0v) is 13.6. The number of nitrogens with zero attached hydrogens (tertiary/aromatic N) is 1. The summed E-state index contributed by atoms with van der Waals surface area (Å²) in [7, 11) is 0. The first-order chi connectivity index (χ1) is 10.5. The number of carboxylic acid groups (broad SMARTS) is 1. The lowest BCUT2D eigenvalue weighted by atomic mass is 10.2. The van der Waals surface area contributed by atoms with Crippen molar-refractivity contribution in [3.63, 3.8) is 0 Å². The van der Waals surface area contributed by atoms with Crippen LogP contribution in [0.3, 0.4) is 0 Å². The predicted octanol–water partition coefficient (Wildman–Crippen LogP) is 2.31. The van der Waals surface area contributed by atoms with E-state index >= 15 is 0 Å². The maximum absolute atomic E-state index is 11.8. The van der Waals surface area contributed by atoms with Gasteiger partial charge in [0.15, 0.2) is 0 Å². The molecule has 0 fully saturated rings. The Balaban J connectivity index is 0.000000254. The number of nitrogens with one attached hydrogen (secondary N) is 1. The predicted molar refractivity (Wildman–Crippen MR) is 87.8 cm³/mol. The van der Waals surface area contributed by atoms with Crippen LogP contribution in [0.2, 0.25) is 0 Å². The fourth-order valence-corrected chi connectivity index (χ4v) is 3.65. The van der Waals surface area contributed by atoms with Crippen molar-refractivity contribution in [2.45, 2.75) is 52.0 Å². The van der Waals surface area contributed by atoms with E-state index in [2.05, 4.69) is 23.8 Å². The summed E-state index contributed by atoms with van der Waals surface area (Å²) >= 11 is 1.44. The quantitative estimate of drug-likeness (QED) is 0.803. The topological polar surface area (TPSA) is 109 Å². The molecule has 2 heterocycles. The van der Waals surface area contributed by atoms with Crippen LogP contribution in [0.1, 0.15) is 54.2 Å². The van der Waals surface area contributed by atoms with Gasteiger partial charge in [-0.2, -0.15) is 0 Å². The summed E-state index contributed by atoms with van der Waals surface area (Å²) in [5.41, 5.74) is 6.20. The van der Waals surface area contributed by atoms with Crippen LogP contribution in [-0.2, 0) is 12.8 Å². The number of thiophene rings is 1. The third-order valence-corrected chi connectivity index (χ3v) is 5.01. The van der Waals surface area contributed by atoms with E-state index in [9.17, 15) is 9.59 Å². The molecule has 1 aliphatic carbocycles. The highest BCUT2D eigenvalue weighted by Crippen LogP contribution is 2.34. The Hall–Kier alpha value is -1.73. The molecule has 0 bridgehead atoms. The Bertz CT molecular complexity index is 731. The van der Waals surface area contributed by atoms with Crippen LogP contribution in [0.5, 0.6) is 0 Å². The van der Waals surface area contributed by atoms with Crippen LogP contribution in [-0.4, -0.2) is 27.1 Å². The number of rotatable bonds is 3. The number of nitrogens with two attached hydrogens (primary N) is 1. The van der Waals surface area contributed by atoms with Crippen LogP contribution >= 0.6 is 11.3 Å². The van der Waals surface area contributed by atoms with Crippen molar-refractivity contribution in [3.05, 3.63) is 26.6 Å². The molecule has 1 aliphatic rings. The zero-order valence-electron chi connectivity index (χ0n) is 12.8. The minimum atomic E-state index is -1.20. The smallest absolute Gasteiger partial charge is 0.372 e. The molecule has 0 aromatic carbocycles. The van der Waals surface area contributed by atoms with Crippen molar-refractivity contribution in [2.24, 2.45) is 5.73 Å². The highest BCUT2D eigenvalue weighted by atomic mass is 32.1. The van der Waals surface area contributed by atoms with E-state index in [1.54, 1.807) is 0 Å². The van der Waals surface area contributed by atoms with Gasteiger partial charge in [0.1, 0.15) is 4.83 Å². The molecule has 7 heteroatoms. The van der Waals surface area contributed by atoms with E-state index in [1.807, 2.05) is 0 Å². The summed E-state index contributed by atoms with van der Waals surface area (Å²) in [6, 6.07) is 0.435. The molecule has 0 radical (unpaired) electrons. The van der Waals surface area contributed by atoms with Crippen molar-refractivity contribution < 1.29 is 9.90 Å². The van der Waals surface area contributed by atoms with Gasteiger partial charge < -0.3 is 15.8 Å². The number of hydrogen-bond donors (Lipinski definition) is 3. The van der Waals surface area contributed by atoms with Crippen molar-refractivity contribution in [1.29, 1.82) is 0 Å². The van der Waals surface area contributed by atoms with Crippen LogP contribution < -0.4 is 11.3 Å². The van der Waals surface area contributed by atoms with Gasteiger partial charge in [0.05, 0.1) is 5.39 Å². The van der Waals surface area contributed by atoms with Gasteiger partial charge >= 0.3 is 5.97 Å². The lowest BCUT2D eigenvalue weighted by Crippen LogP contribution is -2.16. The summed E-state index contributed by atoms with van der Waals surface area (Å²) in [4.78, 5) is 30.5. The maximum Gasteiger partial charge on any atom is 0.372 e. The Morgan fingerprint density at radius 1 is 1.41 bits per heavy atom. The average molecular weight is 323 g/mol. The van der Waals surface area contributed by atoms with E-state index in [1.165, 1.54) is 16.2 Å². The van der Waals surface area contributed by atoms with Gasteiger partial charge in [-0.25, -0.2) is 9.78 Å². The number of aromatic nitrogens is 2. The molecule has 0 saturated heterocycles. The number of aromatic carboxylic acids is 1. The molecule has 4 N–H and O–H groups in total. The monoisotopic (exact) mass is 323 g/mol. The normalized spacial score (nSPS) is 13.1. The fourth-order valence-electron chi connectivity index (χ4n) is 2.39. The van der Waals surface area contributed by atoms with E-state index in [4.69, 9.17) is 10.8 Å². The fraction of sp³-hybridized carbons (Fsp3) is 0.533. The Labute approximate surface area is 132 Å². The minimum absolute atomic E-state index is 0.280. The molecule has 0 amide bonds. The highest BCUT2D eigenvalue weighted by Gasteiger charge is 2.21. The third kappa shape index (κ3) is 3.36. The maximum atomic E-state index is 11.8. The molecule has 0 spiro atoms. The largest absolute Gasteiger partial charge is 0.475 e. The summed E-state index contributed by atoms with van der Waals surface area (Å²) in [6.07, 6.45) is 5.15. The molecule has 0 aliphatic heterocycles. The van der Waals surface area contributed by atoms with Crippen molar-refractivity contribution in [2.75, 3.05) is 0 Å². The van der Waals surface area contributed by atoms with Gasteiger partial charge in [-0.3, -0.25) is 4.79 Å². The molecule has 6 nitrogen and oxygen atoms in total. The van der Waals surface area contributed by atoms with Gasteiger partial charge in [-0.05, 0) is 37.7 Å². The molecular weight excluding hydrogens is 302 g/mol. The first kappa shape index (κ1) is 16.6. The number of carboxylic acids is 1. The van der Waals surface area contributed by atoms with Crippen molar-refractivity contribution in [1.82, 2.24) is 9.97 Å². The van der Waals surface area contributed by atoms with Gasteiger partial charge in [-0.1, -0.05) is 13.8 Å². The Morgan fingerprint density at radius 2 is 2.09 bits per heavy atom. The van der Waals surface area contributed by atoms with Gasteiger partial charge in [0, 0.05) is 10.9 Å². The standard InChI is InChI=1S/C10H8N2O3S.C5H13N/c13-8-6-4-2-1-3-5(4)16-9(6)12-7(11-8)10(14)15;1-3-5(6)4-2/h1-3H2,(H,14,15)(H,11,12,13);5H,3-4,6H2,1-2H3. The molecule has 3 rings (SSSR count). The van der Waals surface area contributed by atoms with E-state index in [-0.39, 0.29) is 11.4 Å². The third-order valence-electron chi connectivity index (χ3n) is 3.83. The summed E-state index contributed by atoms with van der Waals surface area (Å²) in [5.74, 6) is -1.48. The minimum Gasteiger partial charge on any atom is -0.475 e.